The third-order valence-electron chi connectivity index (χ3n) is 3.40. The van der Waals surface area contributed by atoms with Crippen LogP contribution in [0.4, 0.5) is 8.78 Å². The molecule has 0 unspecified atom stereocenters. The molecule has 2 aromatic heterocycles. The zero-order valence-electron chi connectivity index (χ0n) is 12.0. The fraction of sp³-hybridized carbons (Fsp3) is 0.200. The summed E-state index contributed by atoms with van der Waals surface area (Å²) >= 11 is 0. The number of nitrogens with two attached hydrogens (primary N) is 1. The molecule has 0 saturated carbocycles. The van der Waals surface area contributed by atoms with Gasteiger partial charge in [-0.25, -0.2) is 9.67 Å². The van der Waals surface area contributed by atoms with Crippen molar-refractivity contribution in [2.45, 2.75) is 19.8 Å². The Balaban J connectivity index is 2.09. The van der Waals surface area contributed by atoms with Gasteiger partial charge in [0.2, 0.25) is 0 Å². The van der Waals surface area contributed by atoms with E-state index in [9.17, 15) is 13.9 Å². The molecule has 3 rings (SSSR count). The number of aliphatic hydroxyl groups excluding tert-OH is 1. The van der Waals surface area contributed by atoms with Crippen molar-refractivity contribution in [1.82, 2.24) is 14.8 Å². The van der Waals surface area contributed by atoms with Crippen molar-refractivity contribution < 1.29 is 18.6 Å². The van der Waals surface area contributed by atoms with Crippen LogP contribution in [0.25, 0.3) is 16.7 Å². The van der Waals surface area contributed by atoms with Gasteiger partial charge in [0, 0.05) is 18.1 Å². The number of halogens is 2. The highest BCUT2D eigenvalue weighted by atomic mass is 19.3. The fourth-order valence-electron chi connectivity index (χ4n) is 2.41. The van der Waals surface area contributed by atoms with E-state index in [1.165, 1.54) is 12.1 Å². The van der Waals surface area contributed by atoms with Crippen LogP contribution in [0.15, 0.2) is 36.5 Å². The zero-order chi connectivity index (χ0) is 16.4. The summed E-state index contributed by atoms with van der Waals surface area (Å²) in [6.45, 7) is -2.84. The number of fused-ring (bicyclic) bond motifs is 1. The molecular formula is C15H14F2N4O2. The van der Waals surface area contributed by atoms with Crippen molar-refractivity contribution in [2.75, 3.05) is 0 Å². The summed E-state index contributed by atoms with van der Waals surface area (Å²) in [5.74, 6) is 0.0586. The highest BCUT2D eigenvalue weighted by Gasteiger charge is 2.15. The van der Waals surface area contributed by atoms with Gasteiger partial charge in [-0.15, -0.1) is 0 Å². The molecule has 0 radical (unpaired) electrons. The largest absolute Gasteiger partial charge is 0.435 e. The van der Waals surface area contributed by atoms with Crippen molar-refractivity contribution in [3.63, 3.8) is 0 Å². The molecule has 23 heavy (non-hydrogen) atoms. The monoisotopic (exact) mass is 320 g/mol. The van der Waals surface area contributed by atoms with Crippen molar-refractivity contribution in [3.05, 3.63) is 47.8 Å². The highest BCUT2D eigenvalue weighted by molar-refractivity contribution is 5.83. The number of rotatable bonds is 5. The average molecular weight is 320 g/mol. The molecule has 6 nitrogen and oxygen atoms in total. The average Bonchev–Trinajstić information content (AvgIpc) is 2.94. The van der Waals surface area contributed by atoms with Crippen LogP contribution in [-0.4, -0.2) is 26.5 Å². The van der Waals surface area contributed by atoms with Crippen LogP contribution >= 0.6 is 0 Å². The number of aromatic nitrogens is 3. The number of nitrogens with zero attached hydrogens (tertiary/aromatic N) is 3. The van der Waals surface area contributed by atoms with E-state index in [2.05, 4.69) is 14.8 Å². The molecule has 0 spiro atoms. The van der Waals surface area contributed by atoms with Crippen LogP contribution in [0.1, 0.15) is 11.3 Å². The Bertz CT molecular complexity index is 818. The molecule has 3 N–H and O–H groups in total. The van der Waals surface area contributed by atoms with Crippen LogP contribution in [0.5, 0.6) is 5.75 Å². The third kappa shape index (κ3) is 2.86. The molecule has 120 valence electrons. The minimum absolute atomic E-state index is 0.0586. The van der Waals surface area contributed by atoms with Crippen LogP contribution in [-0.2, 0) is 13.2 Å². The highest BCUT2D eigenvalue weighted by Crippen LogP contribution is 2.25. The SMILES string of the molecule is NCc1nn(-c2ccc(OC(F)F)cc2)c2nccc(CO)c12. The minimum Gasteiger partial charge on any atom is -0.435 e. The second-order valence-electron chi connectivity index (χ2n) is 4.76. The Hall–Kier alpha value is -2.58. The molecule has 0 aliphatic rings. The lowest BCUT2D eigenvalue weighted by Crippen LogP contribution is -2.03. The van der Waals surface area contributed by atoms with E-state index in [0.717, 1.165) is 0 Å². The lowest BCUT2D eigenvalue weighted by molar-refractivity contribution is -0.0498. The first-order valence-corrected chi connectivity index (χ1v) is 6.85. The number of benzene rings is 1. The van der Waals surface area contributed by atoms with E-state index in [1.54, 1.807) is 29.1 Å². The molecule has 0 fully saturated rings. The number of pyridine rings is 1. The van der Waals surface area contributed by atoms with Crippen LogP contribution < -0.4 is 10.5 Å². The maximum atomic E-state index is 12.2. The van der Waals surface area contributed by atoms with E-state index in [-0.39, 0.29) is 18.9 Å². The molecule has 2 heterocycles. The molecular weight excluding hydrogens is 306 g/mol. The second kappa shape index (κ2) is 6.27. The molecule has 0 saturated heterocycles. The van der Waals surface area contributed by atoms with Crippen molar-refractivity contribution >= 4 is 11.0 Å². The molecule has 8 heteroatoms. The number of alkyl halides is 2. The molecule has 1 aromatic carbocycles. The lowest BCUT2D eigenvalue weighted by atomic mass is 10.1. The van der Waals surface area contributed by atoms with Gasteiger partial charge in [-0.1, -0.05) is 0 Å². The van der Waals surface area contributed by atoms with Gasteiger partial charge in [0.25, 0.3) is 0 Å². The first-order valence-electron chi connectivity index (χ1n) is 6.85. The Labute approximate surface area is 130 Å². The summed E-state index contributed by atoms with van der Waals surface area (Å²) in [5.41, 5.74) is 8.17. The smallest absolute Gasteiger partial charge is 0.387 e. The summed E-state index contributed by atoms with van der Waals surface area (Å²) in [5, 5.41) is 14.6. The Kier molecular flexibility index (Phi) is 4.18. The van der Waals surface area contributed by atoms with E-state index in [1.807, 2.05) is 0 Å². The van der Waals surface area contributed by atoms with Gasteiger partial charge in [-0.3, -0.25) is 0 Å². The molecule has 3 aromatic rings. The first-order chi connectivity index (χ1) is 11.1. The number of hydrogen-bond acceptors (Lipinski definition) is 5. The molecule has 0 atom stereocenters. The quantitative estimate of drug-likeness (QED) is 0.750. The first kappa shape index (κ1) is 15.3. The van der Waals surface area contributed by atoms with Crippen LogP contribution in [0.3, 0.4) is 0 Å². The predicted molar refractivity (Wildman–Crippen MR) is 79.3 cm³/mol. The summed E-state index contributed by atoms with van der Waals surface area (Å²) in [4.78, 5) is 4.29. The fourth-order valence-corrected chi connectivity index (χ4v) is 2.41. The van der Waals surface area contributed by atoms with Gasteiger partial charge in [0.1, 0.15) is 5.75 Å². The molecule has 0 aliphatic carbocycles. The summed E-state index contributed by atoms with van der Waals surface area (Å²) in [6, 6.07) is 7.74. The van der Waals surface area contributed by atoms with Gasteiger partial charge >= 0.3 is 6.61 Å². The standard InChI is InChI=1S/C15H14F2N4O2/c16-15(17)23-11-3-1-10(2-4-11)21-14-13(12(7-18)20-21)9(8-22)5-6-19-14/h1-6,15,22H,7-8,18H2. The normalized spacial score (nSPS) is 11.3. The Morgan fingerprint density at radius 3 is 2.57 bits per heavy atom. The molecule has 0 aliphatic heterocycles. The number of hydrogen-bond donors (Lipinski definition) is 2. The van der Waals surface area contributed by atoms with Crippen molar-refractivity contribution in [2.24, 2.45) is 5.73 Å². The van der Waals surface area contributed by atoms with Gasteiger partial charge in [-0.05, 0) is 35.9 Å². The van der Waals surface area contributed by atoms with E-state index in [4.69, 9.17) is 5.73 Å². The topological polar surface area (TPSA) is 86.2 Å². The number of aliphatic hydroxyl groups is 1. The van der Waals surface area contributed by atoms with Crippen molar-refractivity contribution in [1.29, 1.82) is 0 Å². The van der Waals surface area contributed by atoms with Gasteiger partial charge in [-0.2, -0.15) is 13.9 Å². The van der Waals surface area contributed by atoms with E-state index < -0.39 is 6.61 Å². The van der Waals surface area contributed by atoms with Gasteiger partial charge < -0.3 is 15.6 Å². The molecule has 0 bridgehead atoms. The lowest BCUT2D eigenvalue weighted by Gasteiger charge is -2.06. The maximum Gasteiger partial charge on any atom is 0.387 e. The maximum absolute atomic E-state index is 12.2. The van der Waals surface area contributed by atoms with Crippen molar-refractivity contribution in [3.8, 4) is 11.4 Å². The van der Waals surface area contributed by atoms with Crippen LogP contribution in [0.2, 0.25) is 0 Å². The van der Waals surface area contributed by atoms with Crippen LogP contribution in [0, 0.1) is 0 Å². The minimum atomic E-state index is -2.87. The molecule has 0 amide bonds. The van der Waals surface area contributed by atoms with E-state index >= 15 is 0 Å². The Morgan fingerprint density at radius 2 is 1.96 bits per heavy atom. The predicted octanol–water partition coefficient (Wildman–Crippen LogP) is 1.97. The van der Waals surface area contributed by atoms with Gasteiger partial charge in [0.15, 0.2) is 5.65 Å². The second-order valence-corrected chi connectivity index (χ2v) is 4.76. The zero-order valence-corrected chi connectivity index (χ0v) is 12.0. The summed E-state index contributed by atoms with van der Waals surface area (Å²) in [6.07, 6.45) is 1.57. The third-order valence-corrected chi connectivity index (χ3v) is 3.40. The summed E-state index contributed by atoms with van der Waals surface area (Å²) < 4.78 is 30.3. The summed E-state index contributed by atoms with van der Waals surface area (Å²) in [7, 11) is 0. The number of ether oxygens (including phenoxy) is 1. The Morgan fingerprint density at radius 1 is 1.22 bits per heavy atom. The van der Waals surface area contributed by atoms with E-state index in [0.29, 0.717) is 28.0 Å². The van der Waals surface area contributed by atoms with Gasteiger partial charge in [0.05, 0.1) is 18.0 Å².